The fourth-order valence-corrected chi connectivity index (χ4v) is 2.06. The van der Waals surface area contributed by atoms with Crippen LogP contribution in [-0.2, 0) is 9.84 Å². The van der Waals surface area contributed by atoms with E-state index < -0.39 is 9.84 Å². The van der Waals surface area contributed by atoms with E-state index in [9.17, 15) is 8.42 Å². The highest BCUT2D eigenvalue weighted by Crippen LogP contribution is 2.22. The van der Waals surface area contributed by atoms with E-state index in [0.29, 0.717) is 11.5 Å². The molecule has 2 aromatic rings. The summed E-state index contributed by atoms with van der Waals surface area (Å²) >= 11 is 0. The molecule has 1 atom stereocenters. The summed E-state index contributed by atoms with van der Waals surface area (Å²) in [5.41, 5.74) is 6.17. The summed E-state index contributed by atoms with van der Waals surface area (Å²) in [7, 11) is -3.26. The van der Waals surface area contributed by atoms with Crippen molar-refractivity contribution in [1.29, 1.82) is 0 Å². The number of sulfone groups is 1. The maximum atomic E-state index is 11.4. The molecular weight excluding hydrogens is 254 g/mol. The van der Waals surface area contributed by atoms with Crippen LogP contribution in [0.15, 0.2) is 33.6 Å². The van der Waals surface area contributed by atoms with Crippen LogP contribution in [0.2, 0.25) is 0 Å². The van der Waals surface area contributed by atoms with E-state index in [4.69, 9.17) is 10.2 Å². The van der Waals surface area contributed by atoms with Gasteiger partial charge in [0.25, 0.3) is 0 Å². The second-order valence-corrected chi connectivity index (χ2v) is 6.05. The molecule has 2 rings (SSSR count). The van der Waals surface area contributed by atoms with Gasteiger partial charge in [-0.15, -0.1) is 10.2 Å². The van der Waals surface area contributed by atoms with Crippen LogP contribution >= 0.6 is 0 Å². The Labute approximate surface area is 105 Å². The number of aromatic nitrogens is 2. The molecule has 0 saturated carbocycles. The van der Waals surface area contributed by atoms with Crippen molar-refractivity contribution in [3.8, 4) is 11.5 Å². The number of hydrogen-bond donors (Lipinski definition) is 1. The van der Waals surface area contributed by atoms with Gasteiger partial charge in [-0.2, -0.15) is 0 Å². The summed E-state index contributed by atoms with van der Waals surface area (Å²) in [6, 6.07) is 5.98. The molecule has 1 unspecified atom stereocenters. The standard InChI is InChI=1S/C11H13N3O3S/c1-7(12)10-13-14-11(17-10)8-4-3-5-9(6-8)18(2,15)16/h3-7H,12H2,1-2H3. The van der Waals surface area contributed by atoms with Crippen LogP contribution in [0.25, 0.3) is 11.5 Å². The second kappa shape index (κ2) is 4.51. The number of rotatable bonds is 3. The van der Waals surface area contributed by atoms with E-state index in [-0.39, 0.29) is 16.8 Å². The molecule has 0 amide bonds. The Kier molecular flexibility index (Phi) is 3.18. The minimum atomic E-state index is -3.26. The summed E-state index contributed by atoms with van der Waals surface area (Å²) in [6.07, 6.45) is 1.15. The normalized spacial score (nSPS) is 13.5. The van der Waals surface area contributed by atoms with E-state index in [1.807, 2.05) is 0 Å². The highest BCUT2D eigenvalue weighted by Gasteiger charge is 2.14. The molecule has 0 aliphatic rings. The lowest BCUT2D eigenvalue weighted by Gasteiger charge is -2.00. The van der Waals surface area contributed by atoms with Gasteiger partial charge in [-0.3, -0.25) is 0 Å². The largest absolute Gasteiger partial charge is 0.419 e. The minimum absolute atomic E-state index is 0.209. The van der Waals surface area contributed by atoms with Crippen LogP contribution in [0.1, 0.15) is 18.9 Å². The summed E-state index contributed by atoms with van der Waals surface area (Å²) in [4.78, 5) is 0.209. The van der Waals surface area contributed by atoms with Crippen LogP contribution in [0, 0.1) is 0 Å². The van der Waals surface area contributed by atoms with Crippen LogP contribution < -0.4 is 5.73 Å². The zero-order valence-corrected chi connectivity index (χ0v) is 10.8. The average molecular weight is 267 g/mol. The van der Waals surface area contributed by atoms with Crippen LogP contribution in [0.3, 0.4) is 0 Å². The molecule has 0 fully saturated rings. The molecule has 0 radical (unpaired) electrons. The Morgan fingerprint density at radius 2 is 2.06 bits per heavy atom. The highest BCUT2D eigenvalue weighted by molar-refractivity contribution is 7.90. The van der Waals surface area contributed by atoms with Crippen molar-refractivity contribution in [1.82, 2.24) is 10.2 Å². The molecule has 1 aromatic carbocycles. The van der Waals surface area contributed by atoms with E-state index in [1.54, 1.807) is 19.1 Å². The molecule has 18 heavy (non-hydrogen) atoms. The molecule has 6 nitrogen and oxygen atoms in total. The molecule has 0 aliphatic heterocycles. The van der Waals surface area contributed by atoms with Gasteiger partial charge in [0.2, 0.25) is 11.8 Å². The topological polar surface area (TPSA) is 99.1 Å². The molecular formula is C11H13N3O3S. The predicted molar refractivity (Wildman–Crippen MR) is 65.4 cm³/mol. The quantitative estimate of drug-likeness (QED) is 0.895. The van der Waals surface area contributed by atoms with Gasteiger partial charge < -0.3 is 10.2 Å². The zero-order valence-electron chi connectivity index (χ0n) is 9.99. The molecule has 0 bridgehead atoms. The van der Waals surface area contributed by atoms with Gasteiger partial charge in [-0.1, -0.05) is 6.07 Å². The van der Waals surface area contributed by atoms with Gasteiger partial charge in [0.15, 0.2) is 9.84 Å². The summed E-state index contributed by atoms with van der Waals surface area (Å²) in [6.45, 7) is 1.73. The maximum Gasteiger partial charge on any atom is 0.247 e. The van der Waals surface area contributed by atoms with Gasteiger partial charge in [0, 0.05) is 11.8 Å². The number of hydrogen-bond acceptors (Lipinski definition) is 6. The molecule has 0 saturated heterocycles. The first-order valence-electron chi connectivity index (χ1n) is 5.27. The third kappa shape index (κ3) is 2.57. The van der Waals surface area contributed by atoms with Crippen molar-refractivity contribution >= 4 is 9.84 Å². The minimum Gasteiger partial charge on any atom is -0.419 e. The first-order valence-corrected chi connectivity index (χ1v) is 7.16. The molecule has 1 aromatic heterocycles. The Morgan fingerprint density at radius 3 is 2.61 bits per heavy atom. The van der Waals surface area contributed by atoms with Crippen LogP contribution in [0.5, 0.6) is 0 Å². The van der Waals surface area contributed by atoms with Crippen LogP contribution in [0.4, 0.5) is 0 Å². The Morgan fingerprint density at radius 1 is 1.33 bits per heavy atom. The number of benzene rings is 1. The van der Waals surface area contributed by atoms with Crippen molar-refractivity contribution in [3.05, 3.63) is 30.2 Å². The lowest BCUT2D eigenvalue weighted by Crippen LogP contribution is -2.04. The van der Waals surface area contributed by atoms with Gasteiger partial charge in [-0.05, 0) is 25.1 Å². The Hall–Kier alpha value is -1.73. The van der Waals surface area contributed by atoms with E-state index in [2.05, 4.69) is 10.2 Å². The SMILES string of the molecule is CC(N)c1nnc(-c2cccc(S(C)(=O)=O)c2)o1. The van der Waals surface area contributed by atoms with E-state index in [1.165, 1.54) is 12.1 Å². The van der Waals surface area contributed by atoms with E-state index in [0.717, 1.165) is 6.26 Å². The monoisotopic (exact) mass is 267 g/mol. The third-order valence-corrected chi connectivity index (χ3v) is 3.45. The lowest BCUT2D eigenvalue weighted by atomic mass is 10.2. The van der Waals surface area contributed by atoms with Gasteiger partial charge in [-0.25, -0.2) is 8.42 Å². The Bertz CT molecular complexity index is 662. The maximum absolute atomic E-state index is 11.4. The molecule has 1 heterocycles. The van der Waals surface area contributed by atoms with Crippen molar-refractivity contribution in [2.45, 2.75) is 17.9 Å². The summed E-state index contributed by atoms with van der Waals surface area (Å²) in [5.74, 6) is 0.572. The van der Waals surface area contributed by atoms with Gasteiger partial charge in [0.1, 0.15) is 0 Å². The van der Waals surface area contributed by atoms with Crippen molar-refractivity contribution < 1.29 is 12.8 Å². The molecule has 0 spiro atoms. The number of nitrogens with zero attached hydrogens (tertiary/aromatic N) is 2. The summed E-state index contributed by atoms with van der Waals surface area (Å²) < 4.78 is 28.2. The average Bonchev–Trinajstić information content (AvgIpc) is 2.77. The first-order chi connectivity index (χ1) is 8.38. The van der Waals surface area contributed by atoms with Crippen molar-refractivity contribution in [2.24, 2.45) is 5.73 Å². The zero-order chi connectivity index (χ0) is 13.3. The molecule has 96 valence electrons. The Balaban J connectivity index is 2.45. The number of nitrogens with two attached hydrogens (primary N) is 1. The van der Waals surface area contributed by atoms with E-state index >= 15 is 0 Å². The van der Waals surface area contributed by atoms with Crippen molar-refractivity contribution in [3.63, 3.8) is 0 Å². The highest BCUT2D eigenvalue weighted by atomic mass is 32.2. The predicted octanol–water partition coefficient (Wildman–Crippen LogP) is 1.16. The lowest BCUT2D eigenvalue weighted by molar-refractivity contribution is 0.473. The fraction of sp³-hybridized carbons (Fsp3) is 0.273. The fourth-order valence-electron chi connectivity index (χ4n) is 1.40. The smallest absolute Gasteiger partial charge is 0.247 e. The van der Waals surface area contributed by atoms with Crippen LogP contribution in [-0.4, -0.2) is 24.9 Å². The summed E-state index contributed by atoms with van der Waals surface area (Å²) in [5, 5.41) is 7.63. The third-order valence-electron chi connectivity index (χ3n) is 2.34. The molecule has 2 N–H and O–H groups in total. The van der Waals surface area contributed by atoms with Crippen molar-refractivity contribution in [2.75, 3.05) is 6.26 Å². The molecule has 0 aliphatic carbocycles. The molecule has 7 heteroatoms. The van der Waals surface area contributed by atoms with Gasteiger partial charge >= 0.3 is 0 Å². The first kappa shape index (κ1) is 12.7. The second-order valence-electron chi connectivity index (χ2n) is 4.03. The van der Waals surface area contributed by atoms with Gasteiger partial charge in [0.05, 0.1) is 10.9 Å².